The molecule has 1 atom stereocenters. The average Bonchev–Trinajstić information content (AvgIpc) is 2.25. The maximum absolute atomic E-state index is 13.6. The molecule has 1 aromatic carbocycles. The summed E-state index contributed by atoms with van der Waals surface area (Å²) in [4.78, 5) is 9.65. The highest BCUT2D eigenvalue weighted by Crippen LogP contribution is 2.31. The molecular weight excluding hydrogens is 299 g/mol. The third kappa shape index (κ3) is 3.56. The lowest BCUT2D eigenvalue weighted by Gasteiger charge is -2.15. The number of halogens is 1. The quantitative estimate of drug-likeness (QED) is 0.511. The molecule has 0 heterocycles. The Morgan fingerprint density at radius 3 is 2.57 bits per heavy atom. The highest BCUT2D eigenvalue weighted by Gasteiger charge is 2.29. The lowest BCUT2D eigenvalue weighted by molar-refractivity contribution is -0.388. The Morgan fingerprint density at radius 2 is 2.10 bits per heavy atom. The molecule has 0 aliphatic heterocycles. The van der Waals surface area contributed by atoms with Crippen molar-refractivity contribution >= 4 is 15.7 Å². The van der Waals surface area contributed by atoms with Crippen molar-refractivity contribution in [1.29, 1.82) is 0 Å². The minimum Gasteiger partial charge on any atom is -0.258 e. The first-order valence-corrected chi connectivity index (χ1v) is 7.50. The fourth-order valence-corrected chi connectivity index (χ4v) is 3.80. The zero-order valence-corrected chi connectivity index (χ0v) is 12.6. The molecule has 1 N–H and O–H groups in total. The lowest BCUT2D eigenvalue weighted by atomic mass is 10.1. The van der Waals surface area contributed by atoms with Crippen LogP contribution in [0.2, 0.25) is 0 Å². The Kier molecular flexibility index (Phi) is 5.04. The molecule has 6 nitrogen and oxygen atoms in total. The number of benzene rings is 1. The molecule has 0 spiro atoms. The highest BCUT2D eigenvalue weighted by atomic mass is 32.2. The van der Waals surface area contributed by atoms with Crippen molar-refractivity contribution in [3.8, 4) is 12.3 Å². The second kappa shape index (κ2) is 6.20. The lowest BCUT2D eigenvalue weighted by Crippen LogP contribution is -2.33. The van der Waals surface area contributed by atoms with E-state index < -0.39 is 32.5 Å². The van der Waals surface area contributed by atoms with Gasteiger partial charge in [-0.1, -0.05) is 0 Å². The van der Waals surface area contributed by atoms with Crippen LogP contribution in [0.5, 0.6) is 0 Å². The van der Waals surface area contributed by atoms with Crippen LogP contribution in [0.25, 0.3) is 0 Å². The number of hydrogen-bond acceptors (Lipinski definition) is 4. The number of terminal acetylenes is 1. The highest BCUT2D eigenvalue weighted by molar-refractivity contribution is 7.89. The Bertz CT molecular complexity index is 723. The molecule has 21 heavy (non-hydrogen) atoms. The molecule has 1 unspecified atom stereocenters. The summed E-state index contributed by atoms with van der Waals surface area (Å²) in [5, 5.41) is 10.9. The van der Waals surface area contributed by atoms with Crippen LogP contribution < -0.4 is 4.72 Å². The maximum atomic E-state index is 13.6. The van der Waals surface area contributed by atoms with Gasteiger partial charge in [-0.3, -0.25) is 10.1 Å². The molecule has 1 aromatic rings. The zero-order valence-electron chi connectivity index (χ0n) is 11.8. The molecule has 0 saturated heterocycles. The van der Waals surface area contributed by atoms with E-state index in [4.69, 9.17) is 6.42 Å². The van der Waals surface area contributed by atoms with Gasteiger partial charge in [-0.25, -0.2) is 13.1 Å². The predicted octanol–water partition coefficient (Wildman–Crippen LogP) is 2.04. The summed E-state index contributed by atoms with van der Waals surface area (Å²) in [6.45, 7) is 4.15. The van der Waals surface area contributed by atoms with Gasteiger partial charge in [0.25, 0.3) is 0 Å². The van der Waals surface area contributed by atoms with Gasteiger partial charge in [0.05, 0.1) is 15.4 Å². The zero-order chi connectivity index (χ0) is 16.4. The first-order valence-electron chi connectivity index (χ1n) is 6.01. The van der Waals surface area contributed by atoms with Crippen LogP contribution in [0.4, 0.5) is 10.1 Å². The van der Waals surface area contributed by atoms with Gasteiger partial charge < -0.3 is 0 Å². The third-order valence-electron chi connectivity index (χ3n) is 2.86. The van der Waals surface area contributed by atoms with Crippen molar-refractivity contribution in [3.63, 3.8) is 0 Å². The van der Waals surface area contributed by atoms with Crippen LogP contribution in [0.3, 0.4) is 0 Å². The van der Waals surface area contributed by atoms with E-state index in [0.29, 0.717) is 0 Å². The molecule has 0 bridgehead atoms. The Morgan fingerprint density at radius 1 is 1.52 bits per heavy atom. The Labute approximate surface area is 122 Å². The van der Waals surface area contributed by atoms with Crippen molar-refractivity contribution in [3.05, 3.63) is 33.1 Å². The maximum Gasteiger partial charge on any atom is 0.309 e. The second-order valence-corrected chi connectivity index (χ2v) is 6.32. The van der Waals surface area contributed by atoms with E-state index in [-0.39, 0.29) is 22.4 Å². The second-order valence-electron chi connectivity index (χ2n) is 4.67. The number of nitro benzene ring substituents is 1. The van der Waals surface area contributed by atoms with E-state index in [0.717, 1.165) is 6.07 Å². The van der Waals surface area contributed by atoms with Crippen molar-refractivity contribution in [2.75, 3.05) is 0 Å². The van der Waals surface area contributed by atoms with Crippen molar-refractivity contribution in [2.45, 2.75) is 38.1 Å². The van der Waals surface area contributed by atoms with Gasteiger partial charge in [0.2, 0.25) is 15.8 Å². The van der Waals surface area contributed by atoms with Crippen molar-refractivity contribution in [2.24, 2.45) is 0 Å². The molecule has 0 saturated carbocycles. The summed E-state index contributed by atoms with van der Waals surface area (Å²) in [7, 11) is -4.03. The summed E-state index contributed by atoms with van der Waals surface area (Å²) >= 11 is 0. The van der Waals surface area contributed by atoms with Crippen LogP contribution in [-0.2, 0) is 10.0 Å². The number of nitro groups is 1. The fourth-order valence-electron chi connectivity index (χ4n) is 2.09. The number of nitrogens with one attached hydrogen (secondary N) is 1. The molecule has 8 heteroatoms. The van der Waals surface area contributed by atoms with Gasteiger partial charge in [-0.05, 0) is 32.4 Å². The summed E-state index contributed by atoms with van der Waals surface area (Å²) in [5.74, 6) is 1.25. The summed E-state index contributed by atoms with van der Waals surface area (Å²) < 4.78 is 40.6. The van der Waals surface area contributed by atoms with Crippen LogP contribution in [-0.4, -0.2) is 19.4 Å². The predicted molar refractivity (Wildman–Crippen MR) is 75.8 cm³/mol. The van der Waals surface area contributed by atoms with E-state index in [9.17, 15) is 22.9 Å². The third-order valence-corrected chi connectivity index (χ3v) is 4.73. The number of rotatable bonds is 5. The van der Waals surface area contributed by atoms with Crippen LogP contribution in [0.1, 0.15) is 24.5 Å². The van der Waals surface area contributed by atoms with Crippen LogP contribution in [0, 0.1) is 42.1 Å². The van der Waals surface area contributed by atoms with Gasteiger partial charge in [0.1, 0.15) is 0 Å². The van der Waals surface area contributed by atoms with Gasteiger partial charge in [0.15, 0.2) is 0 Å². The molecule has 0 amide bonds. The van der Waals surface area contributed by atoms with Gasteiger partial charge in [-0.2, -0.15) is 4.39 Å². The standard InChI is InChI=1S/C13H15FN2O4S/c1-5-6-9(3)15-21(19,20)13-8(2)7-11(14)12(10(13)4)16(17)18/h1,7,9,15H,6H2,2-4H3. The number of nitrogens with zero attached hydrogens (tertiary/aromatic N) is 1. The first kappa shape index (κ1) is 17.1. The number of aryl methyl sites for hydroxylation is 1. The van der Waals surface area contributed by atoms with Crippen molar-refractivity contribution in [1.82, 2.24) is 4.72 Å². The monoisotopic (exact) mass is 314 g/mol. The van der Waals surface area contributed by atoms with E-state index >= 15 is 0 Å². The van der Waals surface area contributed by atoms with Gasteiger partial charge in [0, 0.05) is 12.5 Å². The minimum atomic E-state index is -4.03. The van der Waals surface area contributed by atoms with Crippen molar-refractivity contribution < 1.29 is 17.7 Å². The molecular formula is C13H15FN2O4S. The molecule has 0 aliphatic rings. The van der Waals surface area contributed by atoms with E-state index in [1.165, 1.54) is 13.8 Å². The topological polar surface area (TPSA) is 89.3 Å². The van der Waals surface area contributed by atoms with Gasteiger partial charge >= 0.3 is 5.69 Å². The van der Waals surface area contributed by atoms with Gasteiger partial charge in [-0.15, -0.1) is 12.3 Å². The van der Waals surface area contributed by atoms with E-state index in [1.807, 2.05) is 0 Å². The van der Waals surface area contributed by atoms with Crippen LogP contribution in [0.15, 0.2) is 11.0 Å². The minimum absolute atomic E-state index is 0.0935. The molecule has 0 radical (unpaired) electrons. The summed E-state index contributed by atoms with van der Waals surface area (Å²) in [6.07, 6.45) is 5.27. The first-order chi connectivity index (χ1) is 9.61. The molecule has 0 aliphatic carbocycles. The Hall–Kier alpha value is -1.98. The summed E-state index contributed by atoms with van der Waals surface area (Å²) in [6, 6.07) is 0.300. The van der Waals surface area contributed by atoms with E-state index in [1.54, 1.807) is 6.92 Å². The van der Waals surface area contributed by atoms with E-state index in [2.05, 4.69) is 10.6 Å². The SMILES string of the molecule is C#CCC(C)NS(=O)(=O)c1c(C)cc(F)c([N+](=O)[O-])c1C. The number of hydrogen-bond donors (Lipinski definition) is 1. The Balaban J connectivity index is 3.47. The molecule has 0 fully saturated rings. The molecule has 1 rings (SSSR count). The molecule has 0 aromatic heterocycles. The normalized spacial score (nSPS) is 12.7. The average molecular weight is 314 g/mol. The molecule has 114 valence electrons. The summed E-state index contributed by atoms with van der Waals surface area (Å²) in [5.41, 5.74) is -0.987. The largest absolute Gasteiger partial charge is 0.309 e. The smallest absolute Gasteiger partial charge is 0.258 e. The number of sulfonamides is 1. The fraction of sp³-hybridized carbons (Fsp3) is 0.385. The van der Waals surface area contributed by atoms with Crippen LogP contribution >= 0.6 is 0 Å².